The van der Waals surface area contributed by atoms with Gasteiger partial charge in [-0.05, 0) is 48.6 Å². The molecule has 2 aliphatic heterocycles. The van der Waals surface area contributed by atoms with E-state index in [0.29, 0.717) is 31.0 Å². The Kier molecular flexibility index (Phi) is 4.54. The van der Waals surface area contributed by atoms with E-state index in [1.165, 1.54) is 5.56 Å². The first kappa shape index (κ1) is 17.2. The van der Waals surface area contributed by atoms with Crippen LogP contribution in [-0.4, -0.2) is 38.3 Å². The molecule has 0 unspecified atom stereocenters. The number of hydrogen-bond donors (Lipinski definition) is 0. The van der Waals surface area contributed by atoms with E-state index in [0.717, 1.165) is 18.5 Å². The maximum atomic E-state index is 13.0. The van der Waals surface area contributed by atoms with Crippen molar-refractivity contribution in [3.05, 3.63) is 60.2 Å². The first-order valence-electron chi connectivity index (χ1n) is 9.01. The highest BCUT2D eigenvalue weighted by molar-refractivity contribution is 7.89. The third-order valence-corrected chi connectivity index (χ3v) is 7.16. The van der Waals surface area contributed by atoms with Gasteiger partial charge in [0.05, 0.1) is 4.90 Å². The zero-order chi connectivity index (χ0) is 18.1. The molecule has 2 fully saturated rings. The average molecular weight is 370 g/mol. The molecule has 2 aromatic rings. The van der Waals surface area contributed by atoms with Gasteiger partial charge in [0.25, 0.3) is 0 Å². The van der Waals surface area contributed by atoms with Gasteiger partial charge in [0, 0.05) is 31.7 Å². The van der Waals surface area contributed by atoms with E-state index >= 15 is 0 Å². The van der Waals surface area contributed by atoms with Gasteiger partial charge in [-0.15, -0.1) is 0 Å². The average Bonchev–Trinajstić information content (AvgIpc) is 3.32. The fraction of sp³-hybridized carbons (Fsp3) is 0.350. The summed E-state index contributed by atoms with van der Waals surface area (Å²) < 4.78 is 27.5. The number of benzene rings is 2. The topological polar surface area (TPSA) is 57.7 Å². The minimum atomic E-state index is -3.50. The van der Waals surface area contributed by atoms with Crippen molar-refractivity contribution < 1.29 is 13.2 Å². The molecule has 0 aromatic heterocycles. The van der Waals surface area contributed by atoms with Crippen molar-refractivity contribution in [1.82, 2.24) is 4.31 Å². The monoisotopic (exact) mass is 370 g/mol. The Morgan fingerprint density at radius 1 is 0.923 bits per heavy atom. The number of amides is 1. The molecule has 5 nitrogen and oxygen atoms in total. The van der Waals surface area contributed by atoms with Crippen LogP contribution in [0, 0.1) is 0 Å². The molecule has 0 bridgehead atoms. The summed E-state index contributed by atoms with van der Waals surface area (Å²) >= 11 is 0. The van der Waals surface area contributed by atoms with Crippen molar-refractivity contribution in [3.63, 3.8) is 0 Å². The fourth-order valence-corrected chi connectivity index (χ4v) is 5.31. The van der Waals surface area contributed by atoms with Crippen LogP contribution >= 0.6 is 0 Å². The van der Waals surface area contributed by atoms with Gasteiger partial charge in [-0.1, -0.05) is 30.3 Å². The van der Waals surface area contributed by atoms with E-state index in [9.17, 15) is 13.2 Å². The highest BCUT2D eigenvalue weighted by Gasteiger charge is 2.33. The molecule has 2 heterocycles. The summed E-state index contributed by atoms with van der Waals surface area (Å²) in [6.07, 6.45) is 2.26. The Hall–Kier alpha value is -2.18. The van der Waals surface area contributed by atoms with Crippen LogP contribution in [0.5, 0.6) is 0 Å². The van der Waals surface area contributed by atoms with Gasteiger partial charge in [-0.25, -0.2) is 8.42 Å². The van der Waals surface area contributed by atoms with Crippen molar-refractivity contribution in [1.29, 1.82) is 0 Å². The van der Waals surface area contributed by atoms with Gasteiger partial charge in [-0.3, -0.25) is 4.79 Å². The minimum absolute atomic E-state index is 0.103. The lowest BCUT2D eigenvalue weighted by molar-refractivity contribution is -0.117. The van der Waals surface area contributed by atoms with Crippen molar-refractivity contribution in [3.8, 4) is 0 Å². The molecule has 2 aromatic carbocycles. The van der Waals surface area contributed by atoms with Crippen LogP contribution in [0.15, 0.2) is 59.5 Å². The Bertz CT molecular complexity index is 894. The van der Waals surface area contributed by atoms with Crippen molar-refractivity contribution in [2.45, 2.75) is 30.1 Å². The Labute approximate surface area is 154 Å². The van der Waals surface area contributed by atoms with Crippen LogP contribution in [0.4, 0.5) is 5.69 Å². The molecule has 2 aliphatic rings. The molecule has 1 atom stereocenters. The number of sulfonamides is 1. The molecule has 6 heteroatoms. The van der Waals surface area contributed by atoms with E-state index in [2.05, 4.69) is 12.1 Å². The lowest BCUT2D eigenvalue weighted by Gasteiger charge is -2.19. The van der Waals surface area contributed by atoms with Gasteiger partial charge >= 0.3 is 0 Å². The number of nitrogens with zero attached hydrogens (tertiary/aromatic N) is 2. The summed E-state index contributed by atoms with van der Waals surface area (Å²) in [5.74, 6) is 0.346. The molecular formula is C20H22N2O3S. The maximum Gasteiger partial charge on any atom is 0.243 e. The van der Waals surface area contributed by atoms with Gasteiger partial charge in [0.1, 0.15) is 0 Å². The Balaban J connectivity index is 1.51. The van der Waals surface area contributed by atoms with Gasteiger partial charge in [0.2, 0.25) is 15.9 Å². The normalized spacial score (nSPS) is 21.5. The third kappa shape index (κ3) is 3.15. The highest BCUT2D eigenvalue weighted by atomic mass is 32.2. The van der Waals surface area contributed by atoms with Crippen LogP contribution in [0.1, 0.15) is 30.7 Å². The standard InChI is InChI=1S/C20H22N2O3S/c23-20-7-4-13-22(20)18-8-10-19(11-9-18)26(24,25)21-14-12-17(15-21)16-5-2-1-3-6-16/h1-3,5-6,8-11,17H,4,7,12-15H2/t17-/m1/s1. The van der Waals surface area contributed by atoms with E-state index < -0.39 is 10.0 Å². The Morgan fingerprint density at radius 2 is 1.65 bits per heavy atom. The molecular weight excluding hydrogens is 348 g/mol. The fourth-order valence-electron chi connectivity index (χ4n) is 3.81. The second kappa shape index (κ2) is 6.85. The van der Waals surface area contributed by atoms with E-state index in [1.54, 1.807) is 33.5 Å². The predicted molar refractivity (Wildman–Crippen MR) is 101 cm³/mol. The first-order chi connectivity index (χ1) is 12.6. The largest absolute Gasteiger partial charge is 0.312 e. The summed E-state index contributed by atoms with van der Waals surface area (Å²) in [6, 6.07) is 16.8. The molecule has 136 valence electrons. The first-order valence-corrected chi connectivity index (χ1v) is 10.5. The van der Waals surface area contributed by atoms with E-state index in [1.807, 2.05) is 18.2 Å². The lowest BCUT2D eigenvalue weighted by atomic mass is 9.99. The van der Waals surface area contributed by atoms with Crippen molar-refractivity contribution in [2.24, 2.45) is 0 Å². The number of anilines is 1. The van der Waals surface area contributed by atoms with E-state index in [4.69, 9.17) is 0 Å². The predicted octanol–water partition coefficient (Wildman–Crippen LogP) is 2.99. The van der Waals surface area contributed by atoms with E-state index in [-0.39, 0.29) is 11.8 Å². The second-order valence-corrected chi connectivity index (χ2v) is 8.84. The minimum Gasteiger partial charge on any atom is -0.312 e. The molecule has 0 radical (unpaired) electrons. The number of hydrogen-bond acceptors (Lipinski definition) is 3. The van der Waals surface area contributed by atoms with Crippen LogP contribution in [0.3, 0.4) is 0 Å². The molecule has 0 saturated carbocycles. The molecule has 0 aliphatic carbocycles. The highest BCUT2D eigenvalue weighted by Crippen LogP contribution is 2.31. The summed E-state index contributed by atoms with van der Waals surface area (Å²) in [7, 11) is -3.50. The number of rotatable bonds is 4. The summed E-state index contributed by atoms with van der Waals surface area (Å²) in [6.45, 7) is 1.75. The molecule has 1 amide bonds. The smallest absolute Gasteiger partial charge is 0.243 e. The van der Waals surface area contributed by atoms with Crippen LogP contribution < -0.4 is 4.90 Å². The van der Waals surface area contributed by atoms with Crippen molar-refractivity contribution >= 4 is 21.6 Å². The Morgan fingerprint density at radius 3 is 2.31 bits per heavy atom. The number of carbonyl (C=O) groups excluding carboxylic acids is 1. The molecule has 26 heavy (non-hydrogen) atoms. The van der Waals surface area contributed by atoms with Gasteiger partial charge in [-0.2, -0.15) is 4.31 Å². The lowest BCUT2D eigenvalue weighted by Crippen LogP contribution is -2.29. The zero-order valence-corrected chi connectivity index (χ0v) is 15.4. The molecule has 2 saturated heterocycles. The summed E-state index contributed by atoms with van der Waals surface area (Å²) in [5, 5.41) is 0. The third-order valence-electron chi connectivity index (χ3n) is 5.28. The van der Waals surface area contributed by atoms with Crippen LogP contribution in [0.25, 0.3) is 0 Å². The molecule has 0 spiro atoms. The molecule has 0 N–H and O–H groups in total. The van der Waals surface area contributed by atoms with Gasteiger partial charge in [0.15, 0.2) is 0 Å². The molecule has 4 rings (SSSR count). The quantitative estimate of drug-likeness (QED) is 0.831. The summed E-state index contributed by atoms with van der Waals surface area (Å²) in [4.78, 5) is 13.8. The van der Waals surface area contributed by atoms with Crippen LogP contribution in [0.2, 0.25) is 0 Å². The zero-order valence-electron chi connectivity index (χ0n) is 14.5. The van der Waals surface area contributed by atoms with Crippen LogP contribution in [-0.2, 0) is 14.8 Å². The SMILES string of the molecule is O=C1CCCN1c1ccc(S(=O)(=O)N2CC[C@@H](c3ccccc3)C2)cc1. The maximum absolute atomic E-state index is 13.0. The van der Waals surface area contributed by atoms with Crippen molar-refractivity contribution in [2.75, 3.05) is 24.5 Å². The second-order valence-electron chi connectivity index (χ2n) is 6.90. The summed E-state index contributed by atoms with van der Waals surface area (Å²) in [5.41, 5.74) is 1.96. The van der Waals surface area contributed by atoms with Gasteiger partial charge < -0.3 is 4.90 Å². The number of carbonyl (C=O) groups is 1.